The van der Waals surface area contributed by atoms with Gasteiger partial charge >= 0.3 is 0 Å². The van der Waals surface area contributed by atoms with Crippen molar-refractivity contribution < 1.29 is 9.63 Å². The zero-order valence-electron chi connectivity index (χ0n) is 17.9. The molecule has 1 fully saturated rings. The van der Waals surface area contributed by atoms with Gasteiger partial charge in [0.25, 0.3) is 0 Å². The monoisotopic (exact) mass is 423 g/mol. The average Bonchev–Trinajstić information content (AvgIpc) is 2.82. The second kappa shape index (κ2) is 12.1. The van der Waals surface area contributed by atoms with Crippen molar-refractivity contribution >= 4 is 11.7 Å². The maximum absolute atomic E-state index is 12.3. The summed E-state index contributed by atoms with van der Waals surface area (Å²) in [5.41, 5.74) is 14.8. The zero-order chi connectivity index (χ0) is 21.9. The van der Waals surface area contributed by atoms with Gasteiger partial charge in [0.05, 0.1) is 6.04 Å². The summed E-state index contributed by atoms with van der Waals surface area (Å²) in [5.74, 6) is 0.885. The molecular formula is C24H33N5O2. The number of nitrogens with two attached hydrogens (primary N) is 2. The first-order valence-corrected chi connectivity index (χ1v) is 10.9. The Balaban J connectivity index is 1.39. The highest BCUT2D eigenvalue weighted by molar-refractivity contribution is 5.97. The Bertz CT molecular complexity index is 833. The number of nitrogens with one attached hydrogen (secondary N) is 2. The third-order valence-electron chi connectivity index (χ3n) is 5.63. The second-order valence-corrected chi connectivity index (χ2v) is 8.03. The number of piperidine rings is 1. The predicted molar refractivity (Wildman–Crippen MR) is 123 cm³/mol. The fraction of sp³-hybridized carbons (Fsp3) is 0.417. The molecule has 7 heteroatoms. The van der Waals surface area contributed by atoms with Crippen LogP contribution in [0.4, 0.5) is 0 Å². The molecule has 2 aromatic rings. The Labute approximate surface area is 184 Å². The van der Waals surface area contributed by atoms with Gasteiger partial charge in [-0.15, -0.1) is 0 Å². The Hall–Kier alpha value is -2.90. The lowest BCUT2D eigenvalue weighted by atomic mass is 9.91. The Morgan fingerprint density at radius 2 is 1.81 bits per heavy atom. The fourth-order valence-electron chi connectivity index (χ4n) is 3.63. The van der Waals surface area contributed by atoms with Gasteiger partial charge in [0.15, 0.2) is 5.84 Å². The summed E-state index contributed by atoms with van der Waals surface area (Å²) < 4.78 is 0. The molecule has 1 aliphatic rings. The lowest BCUT2D eigenvalue weighted by Gasteiger charge is -2.23. The topological polar surface area (TPSA) is 115 Å². The molecule has 1 aliphatic heterocycles. The predicted octanol–water partition coefficient (Wildman–Crippen LogP) is 2.25. The molecule has 1 saturated heterocycles. The summed E-state index contributed by atoms with van der Waals surface area (Å²) >= 11 is 0. The number of oxime groups is 1. The smallest absolute Gasteiger partial charge is 0.237 e. The summed E-state index contributed by atoms with van der Waals surface area (Å²) in [7, 11) is 0. The quantitative estimate of drug-likeness (QED) is 0.266. The normalized spacial score (nSPS) is 16.0. The van der Waals surface area contributed by atoms with E-state index in [1.807, 2.05) is 54.6 Å². The Morgan fingerprint density at radius 1 is 1.10 bits per heavy atom. The zero-order valence-corrected chi connectivity index (χ0v) is 17.9. The summed E-state index contributed by atoms with van der Waals surface area (Å²) in [5, 5.41) is 10.3. The van der Waals surface area contributed by atoms with Gasteiger partial charge in [-0.25, -0.2) is 0 Å². The Morgan fingerprint density at radius 3 is 2.52 bits per heavy atom. The van der Waals surface area contributed by atoms with Crippen molar-refractivity contribution in [1.82, 2.24) is 10.6 Å². The first-order chi connectivity index (χ1) is 15.1. The van der Waals surface area contributed by atoms with Crippen LogP contribution in [0.1, 0.15) is 42.4 Å². The molecule has 7 nitrogen and oxygen atoms in total. The second-order valence-electron chi connectivity index (χ2n) is 8.03. The molecule has 0 radical (unpaired) electrons. The van der Waals surface area contributed by atoms with Crippen LogP contribution in [0.15, 0.2) is 59.8 Å². The van der Waals surface area contributed by atoms with Gasteiger partial charge in [-0.05, 0) is 55.8 Å². The molecule has 0 spiro atoms. The molecular weight excluding hydrogens is 390 g/mol. The Kier molecular flexibility index (Phi) is 8.87. The van der Waals surface area contributed by atoms with E-state index in [0.29, 0.717) is 24.9 Å². The SMILES string of the molecule is NC(=NOCc1ccccc1)c1ccc(CNC(=O)[C@@H](N)CCC2CCNCC2)cc1. The molecule has 0 bridgehead atoms. The van der Waals surface area contributed by atoms with Crippen molar-refractivity contribution in [3.8, 4) is 0 Å². The van der Waals surface area contributed by atoms with E-state index >= 15 is 0 Å². The van der Waals surface area contributed by atoms with E-state index in [-0.39, 0.29) is 5.91 Å². The fourth-order valence-corrected chi connectivity index (χ4v) is 3.63. The molecule has 2 aromatic carbocycles. The van der Waals surface area contributed by atoms with Crippen molar-refractivity contribution in [3.05, 3.63) is 71.3 Å². The van der Waals surface area contributed by atoms with Gasteiger partial charge in [0.1, 0.15) is 6.61 Å². The standard InChI is InChI=1S/C24H33N5O2/c25-22(11-8-18-12-14-27-15-13-18)24(30)28-16-19-6-9-21(10-7-19)23(26)29-31-17-20-4-2-1-3-5-20/h1-7,9-10,18,22,27H,8,11-17,25H2,(H2,26,29)(H,28,30)/t22-/m0/s1. The van der Waals surface area contributed by atoms with Crippen LogP contribution in [-0.4, -0.2) is 30.9 Å². The van der Waals surface area contributed by atoms with Gasteiger partial charge in [-0.3, -0.25) is 4.79 Å². The number of hydrogen-bond acceptors (Lipinski definition) is 5. The number of hydrogen-bond donors (Lipinski definition) is 4. The van der Waals surface area contributed by atoms with Gasteiger partial charge in [-0.2, -0.15) is 0 Å². The molecule has 1 atom stereocenters. The molecule has 1 amide bonds. The average molecular weight is 424 g/mol. The lowest BCUT2D eigenvalue weighted by molar-refractivity contribution is -0.122. The van der Waals surface area contributed by atoms with Crippen molar-refractivity contribution in [2.45, 2.75) is 44.9 Å². The summed E-state index contributed by atoms with van der Waals surface area (Å²) in [6.07, 6.45) is 4.08. The van der Waals surface area contributed by atoms with Crippen LogP contribution in [0.2, 0.25) is 0 Å². The van der Waals surface area contributed by atoms with E-state index in [4.69, 9.17) is 16.3 Å². The first-order valence-electron chi connectivity index (χ1n) is 10.9. The summed E-state index contributed by atoms with van der Waals surface area (Å²) in [6, 6.07) is 16.9. The lowest BCUT2D eigenvalue weighted by Crippen LogP contribution is -2.40. The minimum Gasteiger partial charge on any atom is -0.389 e. The number of carbonyl (C=O) groups is 1. The molecule has 6 N–H and O–H groups in total. The highest BCUT2D eigenvalue weighted by atomic mass is 16.6. The molecule has 0 aliphatic carbocycles. The third kappa shape index (κ3) is 7.70. The van der Waals surface area contributed by atoms with E-state index in [1.165, 1.54) is 12.8 Å². The van der Waals surface area contributed by atoms with E-state index in [1.54, 1.807) is 0 Å². The molecule has 31 heavy (non-hydrogen) atoms. The van der Waals surface area contributed by atoms with E-state index < -0.39 is 6.04 Å². The van der Waals surface area contributed by atoms with Crippen LogP contribution < -0.4 is 22.1 Å². The molecule has 1 heterocycles. The van der Waals surface area contributed by atoms with Crippen LogP contribution in [0.25, 0.3) is 0 Å². The van der Waals surface area contributed by atoms with Crippen LogP contribution in [-0.2, 0) is 22.8 Å². The van der Waals surface area contributed by atoms with Crippen LogP contribution >= 0.6 is 0 Å². The molecule has 3 rings (SSSR count). The van der Waals surface area contributed by atoms with Crippen molar-refractivity contribution in [2.75, 3.05) is 13.1 Å². The van der Waals surface area contributed by atoms with Gasteiger partial charge in [0.2, 0.25) is 5.91 Å². The summed E-state index contributed by atoms with van der Waals surface area (Å²) in [6.45, 7) is 2.93. The third-order valence-corrected chi connectivity index (χ3v) is 5.63. The van der Waals surface area contributed by atoms with E-state index in [2.05, 4.69) is 15.8 Å². The van der Waals surface area contributed by atoms with E-state index in [0.717, 1.165) is 42.6 Å². The van der Waals surface area contributed by atoms with E-state index in [9.17, 15) is 4.79 Å². The van der Waals surface area contributed by atoms with Gasteiger partial charge < -0.3 is 26.9 Å². The van der Waals surface area contributed by atoms with Crippen LogP contribution in [0.5, 0.6) is 0 Å². The molecule has 0 aromatic heterocycles. The van der Waals surface area contributed by atoms with Crippen molar-refractivity contribution in [2.24, 2.45) is 22.5 Å². The van der Waals surface area contributed by atoms with Crippen molar-refractivity contribution in [1.29, 1.82) is 0 Å². The maximum Gasteiger partial charge on any atom is 0.237 e. The van der Waals surface area contributed by atoms with Gasteiger partial charge in [0, 0.05) is 12.1 Å². The number of carbonyl (C=O) groups excluding carboxylic acids is 1. The minimum absolute atomic E-state index is 0.103. The highest BCUT2D eigenvalue weighted by Crippen LogP contribution is 2.18. The molecule has 0 unspecified atom stereocenters. The number of amidine groups is 1. The van der Waals surface area contributed by atoms with Gasteiger partial charge in [-0.1, -0.05) is 59.8 Å². The molecule has 166 valence electrons. The number of nitrogens with zero attached hydrogens (tertiary/aromatic N) is 1. The van der Waals surface area contributed by atoms with Crippen LogP contribution in [0.3, 0.4) is 0 Å². The highest BCUT2D eigenvalue weighted by Gasteiger charge is 2.18. The maximum atomic E-state index is 12.3. The van der Waals surface area contributed by atoms with Crippen molar-refractivity contribution in [3.63, 3.8) is 0 Å². The first kappa shape index (κ1) is 22.8. The summed E-state index contributed by atoms with van der Waals surface area (Å²) in [4.78, 5) is 17.6. The largest absolute Gasteiger partial charge is 0.389 e. The number of amides is 1. The number of benzene rings is 2. The molecule has 0 saturated carbocycles. The minimum atomic E-state index is -0.460. The number of rotatable bonds is 10. The van der Waals surface area contributed by atoms with Crippen LogP contribution in [0, 0.1) is 5.92 Å².